The van der Waals surface area contributed by atoms with E-state index in [2.05, 4.69) is 15.2 Å². The van der Waals surface area contributed by atoms with Gasteiger partial charge < -0.3 is 25.4 Å². The first-order valence-electron chi connectivity index (χ1n) is 3.95. The third-order valence-electron chi connectivity index (χ3n) is 1.27. The van der Waals surface area contributed by atoms with Crippen molar-refractivity contribution in [3.05, 3.63) is 0 Å². The molecule has 7 nitrogen and oxygen atoms in total. The molecule has 0 aromatic heterocycles. The summed E-state index contributed by atoms with van der Waals surface area (Å²) >= 11 is 0. The van der Waals surface area contributed by atoms with E-state index in [0.29, 0.717) is 0 Å². The van der Waals surface area contributed by atoms with Crippen molar-refractivity contribution in [2.24, 2.45) is 5.73 Å². The topological polar surface area (TPSA) is 119 Å². The van der Waals surface area contributed by atoms with Crippen LogP contribution in [0.1, 0.15) is 13.3 Å². The highest BCUT2D eigenvalue weighted by Crippen LogP contribution is 2.03. The van der Waals surface area contributed by atoms with E-state index in [9.17, 15) is 9.59 Å². The number of hydrogen-bond acceptors (Lipinski definition) is 6. The van der Waals surface area contributed by atoms with Gasteiger partial charge in [-0.2, -0.15) is 0 Å². The molecule has 14 heavy (non-hydrogen) atoms. The maximum atomic E-state index is 10.8. The van der Waals surface area contributed by atoms with Gasteiger partial charge in [0.25, 0.3) is 6.29 Å². The molecule has 0 bridgehead atoms. The summed E-state index contributed by atoms with van der Waals surface area (Å²) in [5.74, 6) is -0.677. The molecule has 0 aliphatic heterocycles. The minimum Gasteiger partial charge on any atom is -0.422 e. The van der Waals surface area contributed by atoms with Gasteiger partial charge in [0.15, 0.2) is 6.10 Å². The molecular formula is C7H13NO6. The monoisotopic (exact) mass is 207 g/mol. The van der Waals surface area contributed by atoms with Crippen LogP contribution in [-0.2, 0) is 14.3 Å². The van der Waals surface area contributed by atoms with E-state index < -0.39 is 31.1 Å². The lowest BCUT2D eigenvalue weighted by Crippen LogP contribution is -2.39. The van der Waals surface area contributed by atoms with Crippen LogP contribution in [0.5, 0.6) is 0 Å². The van der Waals surface area contributed by atoms with Crippen LogP contribution in [0.3, 0.4) is 0 Å². The van der Waals surface area contributed by atoms with Crippen molar-refractivity contribution >= 4 is 12.1 Å². The molecule has 2 unspecified atom stereocenters. The summed E-state index contributed by atoms with van der Waals surface area (Å²) in [5, 5.41) is 17.6. The Morgan fingerprint density at radius 3 is 2.36 bits per heavy atom. The molecule has 0 heterocycles. The van der Waals surface area contributed by atoms with E-state index in [0.717, 1.165) is 0 Å². The summed E-state index contributed by atoms with van der Waals surface area (Å²) < 4.78 is 8.75. The van der Waals surface area contributed by atoms with Gasteiger partial charge in [0, 0.05) is 6.42 Å². The average Bonchev–Trinajstić information content (AvgIpc) is 2.14. The highest BCUT2D eigenvalue weighted by atomic mass is 16.7. The SMILES string of the molecule is CCC(=O)OC(OC(N)=O)C(O)CO. The Bertz CT molecular complexity index is 206. The molecule has 0 aliphatic carbocycles. The fraction of sp³-hybridized carbons (Fsp3) is 0.714. The van der Waals surface area contributed by atoms with Crippen LogP contribution in [0, 0.1) is 0 Å². The number of rotatable bonds is 5. The molecule has 7 heteroatoms. The van der Waals surface area contributed by atoms with Crippen LogP contribution < -0.4 is 5.73 Å². The molecule has 2 atom stereocenters. The third-order valence-corrected chi connectivity index (χ3v) is 1.27. The number of aliphatic hydroxyl groups excluding tert-OH is 2. The summed E-state index contributed by atoms with van der Waals surface area (Å²) in [5.41, 5.74) is 4.66. The third kappa shape index (κ3) is 4.63. The Morgan fingerprint density at radius 2 is 2.00 bits per heavy atom. The normalized spacial score (nSPS) is 14.2. The van der Waals surface area contributed by atoms with E-state index in [-0.39, 0.29) is 6.42 Å². The summed E-state index contributed by atoms with van der Waals surface area (Å²) in [6, 6.07) is 0. The van der Waals surface area contributed by atoms with Crippen molar-refractivity contribution in [1.82, 2.24) is 0 Å². The molecule has 0 radical (unpaired) electrons. The predicted octanol–water partition coefficient (Wildman–Crippen LogP) is -1.29. The highest BCUT2D eigenvalue weighted by Gasteiger charge is 2.25. The fourth-order valence-corrected chi connectivity index (χ4v) is 0.595. The molecule has 0 saturated carbocycles. The zero-order valence-corrected chi connectivity index (χ0v) is 7.67. The Morgan fingerprint density at radius 1 is 1.43 bits per heavy atom. The van der Waals surface area contributed by atoms with Gasteiger partial charge in [-0.1, -0.05) is 6.92 Å². The summed E-state index contributed by atoms with van der Waals surface area (Å²) in [6.07, 6.45) is -4.22. The second kappa shape index (κ2) is 6.17. The first kappa shape index (κ1) is 12.7. The van der Waals surface area contributed by atoms with Crippen molar-refractivity contribution in [2.45, 2.75) is 25.7 Å². The van der Waals surface area contributed by atoms with Gasteiger partial charge in [-0.25, -0.2) is 4.79 Å². The van der Waals surface area contributed by atoms with Crippen molar-refractivity contribution in [3.63, 3.8) is 0 Å². The number of carbonyl (C=O) groups excluding carboxylic acids is 2. The highest BCUT2D eigenvalue weighted by molar-refractivity contribution is 5.69. The van der Waals surface area contributed by atoms with Crippen LogP contribution in [0.15, 0.2) is 0 Å². The first-order chi connectivity index (χ1) is 6.51. The average molecular weight is 207 g/mol. The lowest BCUT2D eigenvalue weighted by molar-refractivity contribution is -0.189. The van der Waals surface area contributed by atoms with Gasteiger partial charge in [0.1, 0.15) is 0 Å². The Kier molecular flexibility index (Phi) is 5.58. The number of nitrogens with two attached hydrogens (primary N) is 1. The van der Waals surface area contributed by atoms with E-state index >= 15 is 0 Å². The number of hydrogen-bond donors (Lipinski definition) is 3. The Labute approximate surface area is 80.4 Å². The minimum absolute atomic E-state index is 0.0524. The van der Waals surface area contributed by atoms with Crippen LogP contribution in [0.4, 0.5) is 4.79 Å². The molecular weight excluding hydrogens is 194 g/mol. The number of primary amides is 1. The standard InChI is InChI=1S/C7H13NO6/c1-2-5(11)13-6(4(10)3-9)14-7(8)12/h4,6,9-10H,2-3H2,1H3,(H2,8,12). The minimum atomic E-state index is -1.56. The molecule has 0 spiro atoms. The van der Waals surface area contributed by atoms with Crippen molar-refractivity contribution < 1.29 is 29.3 Å². The lowest BCUT2D eigenvalue weighted by Gasteiger charge is -2.20. The summed E-state index contributed by atoms with van der Waals surface area (Å²) in [7, 11) is 0. The number of ether oxygens (including phenoxy) is 2. The van der Waals surface area contributed by atoms with Crippen LogP contribution in [-0.4, -0.2) is 41.3 Å². The smallest absolute Gasteiger partial charge is 0.407 e. The zero-order valence-electron chi connectivity index (χ0n) is 7.67. The van der Waals surface area contributed by atoms with Crippen LogP contribution >= 0.6 is 0 Å². The zero-order chi connectivity index (χ0) is 11.1. The van der Waals surface area contributed by atoms with Crippen LogP contribution in [0.25, 0.3) is 0 Å². The van der Waals surface area contributed by atoms with E-state index in [4.69, 9.17) is 10.2 Å². The molecule has 0 rings (SSSR count). The molecule has 4 N–H and O–H groups in total. The molecule has 0 saturated heterocycles. The first-order valence-corrected chi connectivity index (χ1v) is 3.95. The number of esters is 1. The largest absolute Gasteiger partial charge is 0.422 e. The molecule has 0 fully saturated rings. The van der Waals surface area contributed by atoms with Gasteiger partial charge in [-0.3, -0.25) is 4.79 Å². The van der Waals surface area contributed by atoms with E-state index in [1.165, 1.54) is 6.92 Å². The maximum Gasteiger partial charge on any atom is 0.407 e. The van der Waals surface area contributed by atoms with Gasteiger partial charge in [0.05, 0.1) is 6.61 Å². The second-order valence-electron chi connectivity index (χ2n) is 2.40. The van der Waals surface area contributed by atoms with Crippen LogP contribution in [0.2, 0.25) is 0 Å². The second-order valence-corrected chi connectivity index (χ2v) is 2.40. The molecule has 1 amide bonds. The van der Waals surface area contributed by atoms with Gasteiger partial charge in [-0.05, 0) is 0 Å². The van der Waals surface area contributed by atoms with Gasteiger partial charge in [-0.15, -0.1) is 0 Å². The van der Waals surface area contributed by atoms with Gasteiger partial charge >= 0.3 is 12.1 Å². The molecule has 82 valence electrons. The molecule has 0 aromatic rings. The van der Waals surface area contributed by atoms with E-state index in [1.54, 1.807) is 0 Å². The van der Waals surface area contributed by atoms with Crippen molar-refractivity contribution in [2.75, 3.05) is 6.61 Å². The molecule has 0 aliphatic rings. The predicted molar refractivity (Wildman–Crippen MR) is 43.9 cm³/mol. The Balaban J connectivity index is 4.23. The Hall–Kier alpha value is -1.34. The molecule has 0 aromatic carbocycles. The maximum absolute atomic E-state index is 10.8. The number of carbonyl (C=O) groups is 2. The number of aliphatic hydroxyl groups is 2. The van der Waals surface area contributed by atoms with Crippen molar-refractivity contribution in [1.29, 1.82) is 0 Å². The summed E-state index contributed by atoms with van der Waals surface area (Å²) in [6.45, 7) is 0.809. The van der Waals surface area contributed by atoms with Gasteiger partial charge in [0.2, 0.25) is 0 Å². The van der Waals surface area contributed by atoms with Crippen molar-refractivity contribution in [3.8, 4) is 0 Å². The fourth-order valence-electron chi connectivity index (χ4n) is 0.595. The lowest BCUT2D eigenvalue weighted by atomic mass is 10.3. The quantitative estimate of drug-likeness (QED) is 0.381. The summed E-state index contributed by atoms with van der Waals surface area (Å²) in [4.78, 5) is 21.1. The number of amides is 1. The van der Waals surface area contributed by atoms with E-state index in [1.807, 2.05) is 0 Å².